The molecular weight excluding hydrogens is 312 g/mol. The lowest BCUT2D eigenvalue weighted by Gasteiger charge is -2.02. The van der Waals surface area contributed by atoms with E-state index < -0.39 is 0 Å². The summed E-state index contributed by atoms with van der Waals surface area (Å²) in [4.78, 5) is 27.5. The lowest BCUT2D eigenvalue weighted by atomic mass is 10.1. The zero-order valence-electron chi connectivity index (χ0n) is 14.7. The summed E-state index contributed by atoms with van der Waals surface area (Å²) in [6.45, 7) is 5.39. The SMILES string of the molecule is CC(=O)c1c(C)[nH]c(C(=O)C[n+]2cccc(-c3ccccc3)c2)c1C. The fourth-order valence-corrected chi connectivity index (χ4v) is 3.22. The lowest BCUT2D eigenvalue weighted by Crippen LogP contribution is -2.37. The number of aromatic amines is 1. The highest BCUT2D eigenvalue weighted by Crippen LogP contribution is 2.19. The van der Waals surface area contributed by atoms with E-state index in [2.05, 4.69) is 4.98 Å². The monoisotopic (exact) mass is 333 g/mol. The molecule has 25 heavy (non-hydrogen) atoms. The van der Waals surface area contributed by atoms with Crippen LogP contribution in [0.2, 0.25) is 0 Å². The van der Waals surface area contributed by atoms with E-state index in [0.29, 0.717) is 11.3 Å². The van der Waals surface area contributed by atoms with Gasteiger partial charge in [0, 0.05) is 22.9 Å². The van der Waals surface area contributed by atoms with Crippen LogP contribution in [0.25, 0.3) is 11.1 Å². The van der Waals surface area contributed by atoms with E-state index >= 15 is 0 Å². The van der Waals surface area contributed by atoms with Crippen LogP contribution in [-0.4, -0.2) is 16.6 Å². The molecule has 4 heteroatoms. The van der Waals surface area contributed by atoms with Crippen molar-refractivity contribution in [2.75, 3.05) is 0 Å². The van der Waals surface area contributed by atoms with E-state index in [1.54, 1.807) is 0 Å². The first-order valence-electron chi connectivity index (χ1n) is 8.25. The van der Waals surface area contributed by atoms with Crippen LogP contribution in [0.3, 0.4) is 0 Å². The number of hydrogen-bond acceptors (Lipinski definition) is 2. The van der Waals surface area contributed by atoms with Gasteiger partial charge in [0.15, 0.2) is 18.2 Å². The summed E-state index contributed by atoms with van der Waals surface area (Å²) in [5, 5.41) is 0. The van der Waals surface area contributed by atoms with Gasteiger partial charge in [-0.15, -0.1) is 0 Å². The van der Waals surface area contributed by atoms with Crippen molar-refractivity contribution in [2.24, 2.45) is 0 Å². The molecule has 0 unspecified atom stereocenters. The standard InChI is InChI=1S/C21H20N2O2/c1-14-20(16(3)24)15(2)22-21(14)19(25)13-23-11-7-10-18(12-23)17-8-5-4-6-9-17/h4-12H,13H2,1-3H3/p+1. The maximum absolute atomic E-state index is 12.7. The van der Waals surface area contributed by atoms with E-state index in [0.717, 1.165) is 22.4 Å². The van der Waals surface area contributed by atoms with E-state index in [9.17, 15) is 9.59 Å². The Kier molecular flexibility index (Phi) is 4.61. The van der Waals surface area contributed by atoms with Crippen LogP contribution in [-0.2, 0) is 6.54 Å². The van der Waals surface area contributed by atoms with Gasteiger partial charge in [-0.25, -0.2) is 0 Å². The molecule has 0 aliphatic heterocycles. The van der Waals surface area contributed by atoms with Crippen molar-refractivity contribution in [3.63, 3.8) is 0 Å². The molecule has 2 heterocycles. The maximum Gasteiger partial charge on any atom is 0.243 e. The predicted octanol–water partition coefficient (Wildman–Crippen LogP) is 3.67. The van der Waals surface area contributed by atoms with Gasteiger partial charge >= 0.3 is 0 Å². The molecule has 2 aromatic heterocycles. The van der Waals surface area contributed by atoms with Crippen molar-refractivity contribution >= 4 is 11.6 Å². The highest BCUT2D eigenvalue weighted by Gasteiger charge is 2.22. The van der Waals surface area contributed by atoms with Gasteiger partial charge in [-0.3, -0.25) is 9.59 Å². The smallest absolute Gasteiger partial charge is 0.243 e. The molecule has 0 radical (unpaired) electrons. The predicted molar refractivity (Wildman–Crippen MR) is 96.7 cm³/mol. The van der Waals surface area contributed by atoms with Crippen molar-refractivity contribution in [2.45, 2.75) is 27.3 Å². The molecule has 0 aliphatic rings. The molecule has 1 N–H and O–H groups in total. The number of aromatic nitrogens is 2. The van der Waals surface area contributed by atoms with Crippen LogP contribution in [0, 0.1) is 13.8 Å². The van der Waals surface area contributed by atoms with Crippen LogP contribution in [0.15, 0.2) is 54.9 Å². The van der Waals surface area contributed by atoms with Crippen molar-refractivity contribution in [3.05, 3.63) is 77.4 Å². The van der Waals surface area contributed by atoms with Crippen molar-refractivity contribution in [1.29, 1.82) is 0 Å². The fourth-order valence-electron chi connectivity index (χ4n) is 3.22. The Labute approximate surface area is 147 Å². The van der Waals surface area contributed by atoms with Gasteiger partial charge in [0.2, 0.25) is 12.3 Å². The topological polar surface area (TPSA) is 53.8 Å². The summed E-state index contributed by atoms with van der Waals surface area (Å²) in [5.41, 5.74) is 4.77. The molecule has 3 rings (SSSR count). The van der Waals surface area contributed by atoms with Crippen molar-refractivity contribution < 1.29 is 14.2 Å². The third-order valence-electron chi connectivity index (χ3n) is 4.36. The third kappa shape index (κ3) is 3.43. The molecule has 0 saturated heterocycles. The average molecular weight is 333 g/mol. The van der Waals surface area contributed by atoms with Gasteiger partial charge < -0.3 is 4.98 Å². The first kappa shape index (κ1) is 16.8. The molecule has 0 atom stereocenters. The number of nitrogens with zero attached hydrogens (tertiary/aromatic N) is 1. The first-order chi connectivity index (χ1) is 12.0. The number of pyridine rings is 1. The van der Waals surface area contributed by atoms with Gasteiger partial charge in [0.05, 0.1) is 5.69 Å². The Morgan fingerprint density at radius 1 is 1.00 bits per heavy atom. The lowest BCUT2D eigenvalue weighted by molar-refractivity contribution is -0.682. The zero-order valence-corrected chi connectivity index (χ0v) is 14.7. The molecule has 1 aromatic carbocycles. The Bertz CT molecular complexity index is 940. The van der Waals surface area contributed by atoms with E-state index in [-0.39, 0.29) is 18.1 Å². The van der Waals surface area contributed by atoms with Gasteiger partial charge in [0.25, 0.3) is 0 Å². The van der Waals surface area contributed by atoms with Crippen molar-refractivity contribution in [3.8, 4) is 11.1 Å². The number of hydrogen-bond donors (Lipinski definition) is 1. The fraction of sp³-hybridized carbons (Fsp3) is 0.190. The van der Waals surface area contributed by atoms with Crippen molar-refractivity contribution in [1.82, 2.24) is 4.98 Å². The largest absolute Gasteiger partial charge is 0.355 e. The van der Waals surface area contributed by atoms with Gasteiger partial charge in [-0.1, -0.05) is 30.3 Å². The number of benzene rings is 1. The number of carbonyl (C=O) groups excluding carboxylic acids is 2. The first-order valence-corrected chi connectivity index (χ1v) is 8.25. The normalized spacial score (nSPS) is 10.7. The van der Waals surface area contributed by atoms with Crippen LogP contribution >= 0.6 is 0 Å². The molecule has 0 saturated carbocycles. The molecule has 3 aromatic rings. The number of Topliss-reactive ketones (excluding diaryl/α,β-unsaturated/α-hetero) is 2. The highest BCUT2D eigenvalue weighted by atomic mass is 16.1. The maximum atomic E-state index is 12.7. The summed E-state index contributed by atoms with van der Waals surface area (Å²) in [6, 6.07) is 14.0. The quantitative estimate of drug-likeness (QED) is 0.572. The number of nitrogens with one attached hydrogen (secondary N) is 1. The molecular formula is C21H21N2O2+. The summed E-state index contributed by atoms with van der Waals surface area (Å²) < 4.78 is 1.87. The van der Waals surface area contributed by atoms with Gasteiger partial charge in [0.1, 0.15) is 0 Å². The zero-order chi connectivity index (χ0) is 18.0. The van der Waals surface area contributed by atoms with Crippen LogP contribution < -0.4 is 4.57 Å². The van der Waals surface area contributed by atoms with Crippen LogP contribution in [0.1, 0.15) is 39.0 Å². The minimum Gasteiger partial charge on any atom is -0.355 e. The van der Waals surface area contributed by atoms with E-state index in [1.165, 1.54) is 6.92 Å². The summed E-state index contributed by atoms with van der Waals surface area (Å²) in [5.74, 6) is -0.0626. The second kappa shape index (κ2) is 6.85. The minimum absolute atomic E-state index is 0.0240. The number of ketones is 2. The van der Waals surface area contributed by atoms with Gasteiger partial charge in [-0.2, -0.15) is 4.57 Å². The number of carbonyl (C=O) groups is 2. The second-order valence-corrected chi connectivity index (χ2v) is 6.24. The summed E-state index contributed by atoms with van der Waals surface area (Å²) >= 11 is 0. The molecule has 4 nitrogen and oxygen atoms in total. The average Bonchev–Trinajstić information content (AvgIpc) is 2.90. The molecule has 0 fully saturated rings. The van der Waals surface area contributed by atoms with Crippen LogP contribution in [0.5, 0.6) is 0 Å². The van der Waals surface area contributed by atoms with E-state index in [1.807, 2.05) is 73.3 Å². The van der Waals surface area contributed by atoms with Gasteiger partial charge in [-0.05, 0) is 38.0 Å². The Morgan fingerprint density at radius 2 is 1.68 bits per heavy atom. The van der Waals surface area contributed by atoms with Crippen LogP contribution in [0.4, 0.5) is 0 Å². The molecule has 0 amide bonds. The Morgan fingerprint density at radius 3 is 2.32 bits per heavy atom. The molecule has 0 spiro atoms. The van der Waals surface area contributed by atoms with E-state index in [4.69, 9.17) is 0 Å². The second-order valence-electron chi connectivity index (χ2n) is 6.24. The Balaban J connectivity index is 1.87. The summed E-state index contributed by atoms with van der Waals surface area (Å²) in [7, 11) is 0. The summed E-state index contributed by atoms with van der Waals surface area (Å²) in [6.07, 6.45) is 3.84. The number of aryl methyl sites for hydroxylation is 1. The Hall–Kier alpha value is -3.01. The third-order valence-corrected chi connectivity index (χ3v) is 4.36. The number of rotatable bonds is 5. The minimum atomic E-state index is -0.0386. The highest BCUT2D eigenvalue weighted by molar-refractivity contribution is 6.02. The molecule has 0 aliphatic carbocycles. The number of H-pyrrole nitrogens is 1. The molecule has 126 valence electrons. The molecule has 0 bridgehead atoms.